The Morgan fingerprint density at radius 3 is 2.86 bits per heavy atom. The summed E-state index contributed by atoms with van der Waals surface area (Å²) in [5.74, 6) is -0.310. The molecule has 0 radical (unpaired) electrons. The van der Waals surface area contributed by atoms with Crippen LogP contribution in [0.5, 0.6) is 5.75 Å². The van der Waals surface area contributed by atoms with Gasteiger partial charge >= 0.3 is 0 Å². The third-order valence-electron chi connectivity index (χ3n) is 2.22. The standard InChI is InChI=1S/C11H14FNO/c1-3-4-9(13)11-7(2)8(12)5-6-10(11)14/h3,5-6,9,14H,1,4,13H2,2H3/t9-/m0/s1. The van der Waals surface area contributed by atoms with Gasteiger partial charge in [0.25, 0.3) is 0 Å². The smallest absolute Gasteiger partial charge is 0.126 e. The van der Waals surface area contributed by atoms with E-state index in [2.05, 4.69) is 6.58 Å². The van der Waals surface area contributed by atoms with Crippen molar-refractivity contribution in [3.05, 3.63) is 41.7 Å². The average Bonchev–Trinajstić information content (AvgIpc) is 2.13. The van der Waals surface area contributed by atoms with Crippen molar-refractivity contribution in [1.29, 1.82) is 0 Å². The van der Waals surface area contributed by atoms with Gasteiger partial charge in [0, 0.05) is 11.6 Å². The zero-order chi connectivity index (χ0) is 10.7. The molecule has 3 heteroatoms. The van der Waals surface area contributed by atoms with E-state index >= 15 is 0 Å². The second-order valence-corrected chi connectivity index (χ2v) is 3.24. The first-order valence-electron chi connectivity index (χ1n) is 4.42. The topological polar surface area (TPSA) is 46.2 Å². The number of rotatable bonds is 3. The third-order valence-corrected chi connectivity index (χ3v) is 2.22. The average molecular weight is 195 g/mol. The highest BCUT2D eigenvalue weighted by Crippen LogP contribution is 2.29. The van der Waals surface area contributed by atoms with Gasteiger partial charge in [0.15, 0.2) is 0 Å². The van der Waals surface area contributed by atoms with Gasteiger partial charge in [0.2, 0.25) is 0 Å². The molecule has 0 fully saturated rings. The van der Waals surface area contributed by atoms with Gasteiger partial charge in [-0.1, -0.05) is 6.08 Å². The van der Waals surface area contributed by atoms with Crippen LogP contribution < -0.4 is 5.73 Å². The Balaban J connectivity index is 3.17. The molecule has 14 heavy (non-hydrogen) atoms. The molecule has 0 saturated heterocycles. The van der Waals surface area contributed by atoms with Gasteiger partial charge in [-0.3, -0.25) is 0 Å². The van der Waals surface area contributed by atoms with Crippen LogP contribution in [0.1, 0.15) is 23.6 Å². The highest BCUT2D eigenvalue weighted by atomic mass is 19.1. The maximum atomic E-state index is 13.2. The van der Waals surface area contributed by atoms with E-state index in [1.807, 2.05) is 0 Å². The van der Waals surface area contributed by atoms with Crippen molar-refractivity contribution >= 4 is 0 Å². The summed E-state index contributed by atoms with van der Waals surface area (Å²) in [5, 5.41) is 9.53. The molecule has 0 saturated carbocycles. The first kappa shape index (κ1) is 10.7. The van der Waals surface area contributed by atoms with Gasteiger partial charge < -0.3 is 10.8 Å². The van der Waals surface area contributed by atoms with Crippen molar-refractivity contribution < 1.29 is 9.50 Å². The number of nitrogens with two attached hydrogens (primary N) is 1. The molecule has 0 heterocycles. The van der Waals surface area contributed by atoms with Gasteiger partial charge in [-0.15, -0.1) is 6.58 Å². The fourth-order valence-corrected chi connectivity index (χ4v) is 1.45. The van der Waals surface area contributed by atoms with E-state index in [4.69, 9.17) is 5.73 Å². The number of phenolic OH excluding ortho intramolecular Hbond substituents is 1. The molecule has 0 bridgehead atoms. The molecular formula is C11H14FNO. The van der Waals surface area contributed by atoms with Crippen molar-refractivity contribution in [3.63, 3.8) is 0 Å². The summed E-state index contributed by atoms with van der Waals surface area (Å²) >= 11 is 0. The second-order valence-electron chi connectivity index (χ2n) is 3.24. The Labute approximate surface area is 82.9 Å². The Hall–Kier alpha value is -1.35. The lowest BCUT2D eigenvalue weighted by molar-refractivity contribution is 0.457. The minimum absolute atomic E-state index is 0.0400. The summed E-state index contributed by atoms with van der Waals surface area (Å²) in [6.45, 7) is 5.16. The number of hydrogen-bond acceptors (Lipinski definition) is 2. The predicted molar refractivity (Wildman–Crippen MR) is 54.5 cm³/mol. The molecule has 0 amide bonds. The third kappa shape index (κ3) is 1.93. The Morgan fingerprint density at radius 1 is 1.64 bits per heavy atom. The first-order chi connectivity index (χ1) is 6.57. The van der Waals surface area contributed by atoms with E-state index < -0.39 is 6.04 Å². The fraction of sp³-hybridized carbons (Fsp3) is 0.273. The highest BCUT2D eigenvalue weighted by Gasteiger charge is 2.15. The summed E-state index contributed by atoms with van der Waals surface area (Å²) < 4.78 is 13.2. The molecule has 1 aromatic carbocycles. The summed E-state index contributed by atoms with van der Waals surface area (Å²) in [6.07, 6.45) is 2.16. The molecule has 0 aliphatic heterocycles. The predicted octanol–water partition coefficient (Wildman–Crippen LogP) is 2.42. The lowest BCUT2D eigenvalue weighted by Crippen LogP contribution is -2.11. The molecule has 1 atom stereocenters. The van der Waals surface area contributed by atoms with Crippen LogP contribution in [0.15, 0.2) is 24.8 Å². The SMILES string of the molecule is C=CC[C@H](N)c1c(O)ccc(F)c1C. The van der Waals surface area contributed by atoms with E-state index in [1.165, 1.54) is 12.1 Å². The largest absolute Gasteiger partial charge is 0.508 e. The van der Waals surface area contributed by atoms with Crippen molar-refractivity contribution in [2.75, 3.05) is 0 Å². The molecule has 0 spiro atoms. The van der Waals surface area contributed by atoms with Crippen LogP contribution in [0.4, 0.5) is 4.39 Å². The molecule has 0 aliphatic carbocycles. The molecular weight excluding hydrogens is 181 g/mol. The first-order valence-corrected chi connectivity index (χ1v) is 4.42. The minimum Gasteiger partial charge on any atom is -0.508 e. The number of benzene rings is 1. The lowest BCUT2D eigenvalue weighted by atomic mass is 9.98. The molecule has 2 nitrogen and oxygen atoms in total. The number of aromatic hydroxyl groups is 1. The van der Waals surface area contributed by atoms with E-state index in [0.717, 1.165) is 0 Å². The van der Waals surface area contributed by atoms with Crippen LogP contribution in [0.2, 0.25) is 0 Å². The van der Waals surface area contributed by atoms with Crippen molar-refractivity contribution in [3.8, 4) is 5.75 Å². The van der Waals surface area contributed by atoms with Gasteiger partial charge in [-0.2, -0.15) is 0 Å². The van der Waals surface area contributed by atoms with Gasteiger partial charge in [0.1, 0.15) is 11.6 Å². The van der Waals surface area contributed by atoms with Gasteiger partial charge in [0.05, 0.1) is 0 Å². The maximum Gasteiger partial charge on any atom is 0.126 e. The molecule has 0 aromatic heterocycles. The van der Waals surface area contributed by atoms with Crippen LogP contribution in [-0.2, 0) is 0 Å². The molecule has 0 unspecified atom stereocenters. The van der Waals surface area contributed by atoms with Crippen molar-refractivity contribution in [2.45, 2.75) is 19.4 Å². The van der Waals surface area contributed by atoms with E-state index in [-0.39, 0.29) is 11.6 Å². The second kappa shape index (κ2) is 4.24. The van der Waals surface area contributed by atoms with Crippen LogP contribution >= 0.6 is 0 Å². The minimum atomic E-state index is -0.400. The summed E-state index contributed by atoms with van der Waals surface area (Å²) in [5.41, 5.74) is 6.64. The Morgan fingerprint density at radius 2 is 2.29 bits per heavy atom. The molecule has 1 aromatic rings. The maximum absolute atomic E-state index is 13.2. The molecule has 3 N–H and O–H groups in total. The van der Waals surface area contributed by atoms with Crippen molar-refractivity contribution in [1.82, 2.24) is 0 Å². The van der Waals surface area contributed by atoms with Crippen LogP contribution in [-0.4, -0.2) is 5.11 Å². The number of hydrogen-bond donors (Lipinski definition) is 2. The normalized spacial score (nSPS) is 12.5. The van der Waals surface area contributed by atoms with Crippen molar-refractivity contribution in [2.24, 2.45) is 5.73 Å². The summed E-state index contributed by atoms with van der Waals surface area (Å²) in [4.78, 5) is 0. The number of halogens is 1. The summed E-state index contributed by atoms with van der Waals surface area (Å²) in [6, 6.07) is 2.15. The lowest BCUT2D eigenvalue weighted by Gasteiger charge is -2.14. The molecule has 1 rings (SSSR count). The number of phenols is 1. The van der Waals surface area contributed by atoms with Gasteiger partial charge in [-0.05, 0) is 31.0 Å². The van der Waals surface area contributed by atoms with Crippen LogP contribution in [0.25, 0.3) is 0 Å². The highest BCUT2D eigenvalue weighted by molar-refractivity contribution is 5.41. The Bertz CT molecular complexity index is 349. The zero-order valence-electron chi connectivity index (χ0n) is 8.13. The zero-order valence-corrected chi connectivity index (χ0v) is 8.13. The fourth-order valence-electron chi connectivity index (χ4n) is 1.45. The van der Waals surface area contributed by atoms with E-state index in [9.17, 15) is 9.50 Å². The monoisotopic (exact) mass is 195 g/mol. The Kier molecular flexibility index (Phi) is 3.25. The van der Waals surface area contributed by atoms with Crippen LogP contribution in [0.3, 0.4) is 0 Å². The van der Waals surface area contributed by atoms with Gasteiger partial charge in [-0.25, -0.2) is 4.39 Å². The molecule has 76 valence electrons. The van der Waals surface area contributed by atoms with Crippen LogP contribution in [0, 0.1) is 12.7 Å². The van der Waals surface area contributed by atoms with E-state index in [0.29, 0.717) is 17.5 Å². The summed E-state index contributed by atoms with van der Waals surface area (Å²) in [7, 11) is 0. The quantitative estimate of drug-likeness (QED) is 0.727. The van der Waals surface area contributed by atoms with E-state index in [1.54, 1.807) is 13.0 Å². The molecule has 0 aliphatic rings.